The lowest BCUT2D eigenvalue weighted by atomic mass is 10.1. The zero-order valence-corrected chi connectivity index (χ0v) is 13.7. The lowest BCUT2D eigenvalue weighted by Gasteiger charge is -2.23. The average Bonchev–Trinajstić information content (AvgIpc) is 3.15. The highest BCUT2D eigenvalue weighted by atomic mass is 32.2. The van der Waals surface area contributed by atoms with E-state index in [4.69, 9.17) is 0 Å². The minimum Gasteiger partial charge on any atom is -0.269 e. The van der Waals surface area contributed by atoms with E-state index >= 15 is 0 Å². The molecular formula is C19H19N3S. The van der Waals surface area contributed by atoms with Crippen LogP contribution in [0.3, 0.4) is 0 Å². The first kappa shape index (κ1) is 14.8. The van der Waals surface area contributed by atoms with Crippen LogP contribution in [0.5, 0.6) is 0 Å². The molecule has 0 aromatic heterocycles. The minimum absolute atomic E-state index is 0.0172. The molecule has 2 aliphatic rings. The summed E-state index contributed by atoms with van der Waals surface area (Å²) >= 11 is 1.96. The summed E-state index contributed by atoms with van der Waals surface area (Å²) < 4.78 is 0. The molecule has 0 amide bonds. The van der Waals surface area contributed by atoms with E-state index in [0.717, 1.165) is 19.0 Å². The van der Waals surface area contributed by atoms with E-state index in [1.165, 1.54) is 11.1 Å². The van der Waals surface area contributed by atoms with E-state index in [2.05, 4.69) is 70.5 Å². The van der Waals surface area contributed by atoms with Crippen LogP contribution in [0.25, 0.3) is 0 Å². The van der Waals surface area contributed by atoms with Crippen molar-refractivity contribution in [2.24, 2.45) is 0 Å². The van der Waals surface area contributed by atoms with Crippen molar-refractivity contribution < 1.29 is 0 Å². The van der Waals surface area contributed by atoms with E-state index in [1.54, 1.807) is 0 Å². The third-order valence-electron chi connectivity index (χ3n) is 4.70. The Balaban J connectivity index is 1.55. The fourth-order valence-electron chi connectivity index (χ4n) is 3.59. The minimum atomic E-state index is -0.0172. The van der Waals surface area contributed by atoms with Crippen molar-refractivity contribution in [2.45, 2.75) is 24.0 Å². The van der Waals surface area contributed by atoms with Crippen molar-refractivity contribution in [2.75, 3.05) is 12.4 Å². The van der Waals surface area contributed by atoms with Gasteiger partial charge in [0.25, 0.3) is 0 Å². The fourth-order valence-corrected chi connectivity index (χ4v) is 5.10. The zero-order chi connectivity index (χ0) is 15.6. The molecule has 2 saturated heterocycles. The predicted octanol–water partition coefficient (Wildman–Crippen LogP) is 3.47. The van der Waals surface area contributed by atoms with Crippen molar-refractivity contribution in [1.29, 1.82) is 5.26 Å². The van der Waals surface area contributed by atoms with Gasteiger partial charge in [0.15, 0.2) is 0 Å². The summed E-state index contributed by atoms with van der Waals surface area (Å²) in [6.45, 7) is 1.71. The molecule has 2 heterocycles. The standard InChI is InChI=1S/C19H19N3S/c20-11-17-18-13-23-19(16-9-5-2-6-10-16)22(18)14-21(17)12-15-7-3-1-4-8-15/h1-10,17-19H,12-14H2/t17-,18+,19?/m1/s1. The molecule has 4 heteroatoms. The summed E-state index contributed by atoms with van der Waals surface area (Å²) in [4.78, 5) is 4.81. The normalized spacial score (nSPS) is 27.7. The van der Waals surface area contributed by atoms with Gasteiger partial charge in [0.2, 0.25) is 0 Å². The van der Waals surface area contributed by atoms with Gasteiger partial charge >= 0.3 is 0 Å². The molecule has 3 atom stereocenters. The molecule has 2 aromatic carbocycles. The summed E-state index contributed by atoms with van der Waals surface area (Å²) in [5.74, 6) is 1.03. The first-order chi connectivity index (χ1) is 11.4. The molecule has 2 aromatic rings. The van der Waals surface area contributed by atoms with E-state index in [0.29, 0.717) is 11.4 Å². The number of thioether (sulfide) groups is 1. The third kappa shape index (κ3) is 2.76. The van der Waals surface area contributed by atoms with Gasteiger partial charge in [-0.3, -0.25) is 9.80 Å². The largest absolute Gasteiger partial charge is 0.269 e. The highest BCUT2D eigenvalue weighted by Gasteiger charge is 2.47. The Morgan fingerprint density at radius 2 is 1.74 bits per heavy atom. The third-order valence-corrected chi connectivity index (χ3v) is 6.09. The molecule has 0 N–H and O–H groups in total. The molecule has 4 rings (SSSR count). The van der Waals surface area contributed by atoms with Crippen LogP contribution in [-0.2, 0) is 6.54 Å². The molecule has 116 valence electrons. The molecule has 23 heavy (non-hydrogen) atoms. The number of rotatable bonds is 3. The molecule has 0 spiro atoms. The topological polar surface area (TPSA) is 30.3 Å². The van der Waals surface area contributed by atoms with Crippen LogP contribution >= 0.6 is 11.8 Å². The van der Waals surface area contributed by atoms with Crippen molar-refractivity contribution in [3.8, 4) is 6.07 Å². The number of nitriles is 1. The van der Waals surface area contributed by atoms with Gasteiger partial charge < -0.3 is 0 Å². The molecular weight excluding hydrogens is 302 g/mol. The number of fused-ring (bicyclic) bond motifs is 1. The molecule has 1 unspecified atom stereocenters. The lowest BCUT2D eigenvalue weighted by Crippen LogP contribution is -2.35. The maximum Gasteiger partial charge on any atom is 0.116 e. The number of hydrogen-bond donors (Lipinski definition) is 0. The van der Waals surface area contributed by atoms with Crippen LogP contribution in [0, 0.1) is 11.3 Å². The summed E-state index contributed by atoms with van der Waals surface area (Å²) in [6, 6.07) is 24.0. The van der Waals surface area contributed by atoms with Crippen LogP contribution in [0.1, 0.15) is 16.5 Å². The number of nitrogens with zero attached hydrogens (tertiary/aromatic N) is 3. The van der Waals surface area contributed by atoms with Gasteiger partial charge in [0, 0.05) is 12.3 Å². The van der Waals surface area contributed by atoms with Crippen LogP contribution in [0.2, 0.25) is 0 Å². The first-order valence-corrected chi connectivity index (χ1v) is 9.01. The van der Waals surface area contributed by atoms with Crippen LogP contribution < -0.4 is 0 Å². The molecule has 0 radical (unpaired) electrons. The maximum atomic E-state index is 9.69. The second kappa shape index (κ2) is 6.37. The Labute approximate surface area is 141 Å². The Morgan fingerprint density at radius 1 is 1.04 bits per heavy atom. The fraction of sp³-hybridized carbons (Fsp3) is 0.316. The first-order valence-electron chi connectivity index (χ1n) is 7.97. The second-order valence-corrected chi connectivity index (χ2v) is 7.24. The Hall–Kier alpha value is -1.80. The van der Waals surface area contributed by atoms with Crippen LogP contribution in [0.4, 0.5) is 0 Å². The molecule has 2 aliphatic heterocycles. The van der Waals surface area contributed by atoms with Gasteiger partial charge in [-0.15, -0.1) is 11.8 Å². The summed E-state index contributed by atoms with van der Waals surface area (Å²) in [7, 11) is 0. The van der Waals surface area contributed by atoms with E-state index in [1.807, 2.05) is 17.8 Å². The average molecular weight is 321 g/mol. The highest BCUT2D eigenvalue weighted by molar-refractivity contribution is 7.99. The molecule has 2 fully saturated rings. The Kier molecular flexibility index (Phi) is 4.09. The molecule has 0 aliphatic carbocycles. The SMILES string of the molecule is N#C[C@@H]1[C@@H]2CSC(c3ccccc3)N2CN1Cc1ccccc1. The van der Waals surface area contributed by atoms with Crippen molar-refractivity contribution in [1.82, 2.24) is 9.80 Å². The summed E-state index contributed by atoms with van der Waals surface area (Å²) in [5, 5.41) is 10.1. The molecule has 0 saturated carbocycles. The van der Waals surface area contributed by atoms with Crippen molar-refractivity contribution in [3.05, 3.63) is 71.8 Å². The second-order valence-electron chi connectivity index (χ2n) is 6.13. The van der Waals surface area contributed by atoms with Crippen molar-refractivity contribution >= 4 is 11.8 Å². The number of benzene rings is 2. The van der Waals surface area contributed by atoms with Crippen molar-refractivity contribution in [3.63, 3.8) is 0 Å². The predicted molar refractivity (Wildman–Crippen MR) is 93.5 cm³/mol. The van der Waals surface area contributed by atoms with Gasteiger partial charge in [0.1, 0.15) is 6.04 Å². The highest BCUT2D eigenvalue weighted by Crippen LogP contribution is 2.45. The summed E-state index contributed by atoms with van der Waals surface area (Å²) in [5.41, 5.74) is 2.62. The Bertz CT molecular complexity index is 698. The quantitative estimate of drug-likeness (QED) is 0.866. The Morgan fingerprint density at radius 3 is 2.43 bits per heavy atom. The van der Waals surface area contributed by atoms with Gasteiger partial charge in [-0.2, -0.15) is 5.26 Å². The van der Waals surface area contributed by atoms with E-state index in [9.17, 15) is 5.26 Å². The summed E-state index contributed by atoms with van der Waals surface area (Å²) in [6.07, 6.45) is 0. The smallest absolute Gasteiger partial charge is 0.116 e. The maximum absolute atomic E-state index is 9.69. The lowest BCUT2D eigenvalue weighted by molar-refractivity contribution is 0.217. The molecule has 0 bridgehead atoms. The van der Waals surface area contributed by atoms with Gasteiger partial charge in [-0.25, -0.2) is 0 Å². The zero-order valence-electron chi connectivity index (χ0n) is 12.9. The molecule has 3 nitrogen and oxygen atoms in total. The van der Waals surface area contributed by atoms with Gasteiger partial charge in [0.05, 0.1) is 24.2 Å². The van der Waals surface area contributed by atoms with Crippen LogP contribution in [0.15, 0.2) is 60.7 Å². The van der Waals surface area contributed by atoms with E-state index in [-0.39, 0.29) is 6.04 Å². The van der Waals surface area contributed by atoms with Crippen LogP contribution in [-0.4, -0.2) is 34.3 Å². The monoisotopic (exact) mass is 321 g/mol. The van der Waals surface area contributed by atoms with Gasteiger partial charge in [-0.1, -0.05) is 60.7 Å². The van der Waals surface area contributed by atoms with E-state index < -0.39 is 0 Å². The number of hydrogen-bond acceptors (Lipinski definition) is 4. The van der Waals surface area contributed by atoms with Gasteiger partial charge in [-0.05, 0) is 11.1 Å².